The molecule has 8 nitrogen and oxygen atoms in total. The summed E-state index contributed by atoms with van der Waals surface area (Å²) in [5.41, 5.74) is 3.76. The van der Waals surface area contributed by atoms with Gasteiger partial charge in [-0.1, -0.05) is 54.1 Å². The molecule has 1 aromatic heterocycles. The SMILES string of the molecule is Cc1ccc2c(c1)/C(=N\n1c(-c3ccccc3)nc3ccccc3c1=O)C(=O)N2CN1CCOCC1. The Balaban J connectivity index is 1.53. The Morgan fingerprint density at radius 1 is 0.944 bits per heavy atom. The normalized spacial score (nSPS) is 17.2. The summed E-state index contributed by atoms with van der Waals surface area (Å²) in [5, 5.41) is 5.16. The van der Waals surface area contributed by atoms with Crippen molar-refractivity contribution in [1.29, 1.82) is 0 Å². The molecular weight excluding hydrogens is 454 g/mol. The number of aromatic nitrogens is 2. The fraction of sp³-hybridized carbons (Fsp3) is 0.214. The van der Waals surface area contributed by atoms with Gasteiger partial charge in [0.05, 0.1) is 36.5 Å². The molecular formula is C28H25N5O3. The molecule has 2 aliphatic heterocycles. The van der Waals surface area contributed by atoms with Crippen LogP contribution < -0.4 is 10.5 Å². The van der Waals surface area contributed by atoms with Gasteiger partial charge >= 0.3 is 0 Å². The number of hydrogen-bond donors (Lipinski definition) is 0. The first kappa shape index (κ1) is 22.3. The Bertz CT molecular complexity index is 1560. The highest BCUT2D eigenvalue weighted by Crippen LogP contribution is 2.31. The van der Waals surface area contributed by atoms with Crippen molar-refractivity contribution >= 4 is 28.2 Å². The molecule has 3 heterocycles. The number of amides is 1. The van der Waals surface area contributed by atoms with Crippen LogP contribution >= 0.6 is 0 Å². The lowest BCUT2D eigenvalue weighted by Crippen LogP contribution is -2.46. The van der Waals surface area contributed by atoms with E-state index in [1.807, 2.05) is 67.6 Å². The van der Waals surface area contributed by atoms with Gasteiger partial charge in [0.1, 0.15) is 0 Å². The quantitative estimate of drug-likeness (QED) is 0.449. The van der Waals surface area contributed by atoms with E-state index >= 15 is 0 Å². The van der Waals surface area contributed by atoms with Gasteiger partial charge in [0.25, 0.3) is 11.5 Å². The molecule has 4 aromatic rings. The van der Waals surface area contributed by atoms with Crippen molar-refractivity contribution in [2.24, 2.45) is 5.10 Å². The molecule has 0 N–H and O–H groups in total. The van der Waals surface area contributed by atoms with Crippen LogP contribution in [0.2, 0.25) is 0 Å². The molecule has 0 atom stereocenters. The molecule has 0 spiro atoms. The lowest BCUT2D eigenvalue weighted by Gasteiger charge is -2.30. The number of morpholine rings is 1. The van der Waals surface area contributed by atoms with Crippen molar-refractivity contribution in [3.05, 3.63) is 94.3 Å². The summed E-state index contributed by atoms with van der Waals surface area (Å²) in [6, 6.07) is 22.5. The maximum absolute atomic E-state index is 13.8. The average Bonchev–Trinajstić information content (AvgIpc) is 3.16. The van der Waals surface area contributed by atoms with Crippen molar-refractivity contribution < 1.29 is 9.53 Å². The molecule has 0 bridgehead atoms. The van der Waals surface area contributed by atoms with Crippen LogP contribution in [0.4, 0.5) is 5.69 Å². The first-order valence-electron chi connectivity index (χ1n) is 12.0. The summed E-state index contributed by atoms with van der Waals surface area (Å²) in [5.74, 6) is 0.154. The molecule has 1 amide bonds. The maximum Gasteiger partial charge on any atom is 0.282 e. The van der Waals surface area contributed by atoms with Crippen LogP contribution in [0.1, 0.15) is 11.1 Å². The highest BCUT2D eigenvalue weighted by atomic mass is 16.5. The molecule has 8 heteroatoms. The average molecular weight is 480 g/mol. The van der Waals surface area contributed by atoms with E-state index in [-0.39, 0.29) is 17.2 Å². The molecule has 6 rings (SSSR count). The van der Waals surface area contributed by atoms with Crippen LogP contribution in [-0.2, 0) is 9.53 Å². The van der Waals surface area contributed by atoms with Crippen LogP contribution in [0.5, 0.6) is 0 Å². The third kappa shape index (κ3) is 3.90. The minimum Gasteiger partial charge on any atom is -0.379 e. The first-order chi connectivity index (χ1) is 17.6. The number of rotatable bonds is 4. The zero-order chi connectivity index (χ0) is 24.6. The molecule has 3 aromatic carbocycles. The summed E-state index contributed by atoms with van der Waals surface area (Å²) in [6.07, 6.45) is 0. The van der Waals surface area contributed by atoms with E-state index in [9.17, 15) is 9.59 Å². The predicted molar refractivity (Wildman–Crippen MR) is 139 cm³/mol. The van der Waals surface area contributed by atoms with E-state index in [0.29, 0.717) is 42.2 Å². The lowest BCUT2D eigenvalue weighted by molar-refractivity contribution is -0.112. The smallest absolute Gasteiger partial charge is 0.282 e. The second kappa shape index (κ2) is 9.14. The fourth-order valence-electron chi connectivity index (χ4n) is 4.70. The van der Waals surface area contributed by atoms with Crippen molar-refractivity contribution in [1.82, 2.24) is 14.6 Å². The Morgan fingerprint density at radius 3 is 2.50 bits per heavy atom. The van der Waals surface area contributed by atoms with Crippen molar-refractivity contribution in [2.75, 3.05) is 37.9 Å². The second-order valence-corrected chi connectivity index (χ2v) is 9.01. The van der Waals surface area contributed by atoms with Crippen molar-refractivity contribution in [3.8, 4) is 11.4 Å². The number of ether oxygens (including phenoxy) is 1. The largest absolute Gasteiger partial charge is 0.379 e. The van der Waals surface area contributed by atoms with Gasteiger partial charge < -0.3 is 4.74 Å². The van der Waals surface area contributed by atoms with Crippen LogP contribution in [0.3, 0.4) is 0 Å². The molecule has 0 aliphatic carbocycles. The topological polar surface area (TPSA) is 80.0 Å². The summed E-state index contributed by atoms with van der Waals surface area (Å²) in [6.45, 7) is 5.21. The van der Waals surface area contributed by atoms with Gasteiger partial charge in [-0.05, 0) is 31.2 Å². The lowest BCUT2D eigenvalue weighted by atomic mass is 10.1. The molecule has 0 saturated carbocycles. The zero-order valence-electron chi connectivity index (χ0n) is 19.9. The molecule has 1 fully saturated rings. The van der Waals surface area contributed by atoms with Gasteiger partial charge in [-0.25, -0.2) is 4.98 Å². The Morgan fingerprint density at radius 2 is 1.69 bits per heavy atom. The monoisotopic (exact) mass is 479 g/mol. The van der Waals surface area contributed by atoms with E-state index in [1.54, 1.807) is 17.0 Å². The minimum atomic E-state index is -0.319. The van der Waals surface area contributed by atoms with E-state index in [4.69, 9.17) is 14.8 Å². The number of carbonyl (C=O) groups is 1. The van der Waals surface area contributed by atoms with Gasteiger partial charge in [-0.2, -0.15) is 9.78 Å². The molecule has 36 heavy (non-hydrogen) atoms. The standard InChI is InChI=1S/C28H25N5O3/c1-19-11-12-24-22(17-19)25(28(35)32(24)18-31-13-15-36-16-14-31)30-33-26(20-7-3-2-4-8-20)29-23-10-6-5-9-21(23)27(33)34/h2-12,17H,13-16,18H2,1H3/b30-25+. The minimum absolute atomic E-state index is 0.235. The van der Waals surface area contributed by atoms with Crippen molar-refractivity contribution in [3.63, 3.8) is 0 Å². The first-order valence-corrected chi connectivity index (χ1v) is 12.0. The second-order valence-electron chi connectivity index (χ2n) is 9.01. The molecule has 0 radical (unpaired) electrons. The number of anilines is 1. The van der Waals surface area contributed by atoms with Crippen LogP contribution in [-0.4, -0.2) is 59.2 Å². The number of nitrogens with zero attached hydrogens (tertiary/aromatic N) is 5. The Kier molecular flexibility index (Phi) is 5.67. The fourth-order valence-corrected chi connectivity index (χ4v) is 4.70. The van der Waals surface area contributed by atoms with E-state index in [1.165, 1.54) is 4.68 Å². The Hall–Kier alpha value is -4.14. The van der Waals surface area contributed by atoms with E-state index in [2.05, 4.69) is 4.90 Å². The highest BCUT2D eigenvalue weighted by Gasteiger charge is 2.36. The zero-order valence-corrected chi connectivity index (χ0v) is 19.9. The number of hydrogen-bond acceptors (Lipinski definition) is 6. The molecule has 1 saturated heterocycles. The summed E-state index contributed by atoms with van der Waals surface area (Å²) >= 11 is 0. The van der Waals surface area contributed by atoms with Gasteiger partial charge in [-0.3, -0.25) is 19.4 Å². The van der Waals surface area contributed by atoms with Gasteiger partial charge in [0, 0.05) is 24.2 Å². The van der Waals surface area contributed by atoms with Gasteiger partial charge in [-0.15, -0.1) is 0 Å². The van der Waals surface area contributed by atoms with Crippen LogP contribution in [0.15, 0.2) is 82.7 Å². The Labute approximate surface area is 208 Å². The van der Waals surface area contributed by atoms with E-state index in [0.717, 1.165) is 29.9 Å². The van der Waals surface area contributed by atoms with Crippen LogP contribution in [0.25, 0.3) is 22.3 Å². The summed E-state index contributed by atoms with van der Waals surface area (Å²) in [4.78, 5) is 36.1. The molecule has 0 unspecified atom stereocenters. The van der Waals surface area contributed by atoms with Crippen LogP contribution in [0, 0.1) is 6.92 Å². The number of para-hydroxylation sites is 1. The third-order valence-electron chi connectivity index (χ3n) is 6.58. The summed E-state index contributed by atoms with van der Waals surface area (Å²) in [7, 11) is 0. The predicted octanol–water partition coefficient (Wildman–Crippen LogP) is 3.26. The third-order valence-corrected chi connectivity index (χ3v) is 6.58. The number of carbonyl (C=O) groups excluding carboxylic acids is 1. The van der Waals surface area contributed by atoms with E-state index < -0.39 is 0 Å². The summed E-state index contributed by atoms with van der Waals surface area (Å²) < 4.78 is 6.74. The highest BCUT2D eigenvalue weighted by molar-refractivity contribution is 6.54. The van der Waals surface area contributed by atoms with Gasteiger partial charge in [0.2, 0.25) is 0 Å². The molecule has 2 aliphatic rings. The molecule has 180 valence electrons. The van der Waals surface area contributed by atoms with Gasteiger partial charge in [0.15, 0.2) is 11.5 Å². The number of benzene rings is 3. The van der Waals surface area contributed by atoms with Crippen molar-refractivity contribution in [2.45, 2.75) is 6.92 Å². The number of aryl methyl sites for hydroxylation is 1. The number of fused-ring (bicyclic) bond motifs is 2. The maximum atomic E-state index is 13.8.